The molecule has 0 saturated heterocycles. The van der Waals surface area contributed by atoms with Crippen LogP contribution in [0.5, 0.6) is 0 Å². The molecular weight excluding hydrogens is 164 g/mol. The molecular formula is C7H12O3S. The lowest BCUT2D eigenvalue weighted by atomic mass is 10.3. The first-order chi connectivity index (χ1) is 5.16. The predicted molar refractivity (Wildman–Crippen MR) is 44.9 cm³/mol. The lowest BCUT2D eigenvalue weighted by Gasteiger charge is -1.95. The third-order valence-corrected chi connectivity index (χ3v) is 2.42. The molecule has 0 aliphatic heterocycles. The van der Waals surface area contributed by atoms with Crippen LogP contribution in [0.15, 0.2) is 12.7 Å². The van der Waals surface area contributed by atoms with Gasteiger partial charge in [0.25, 0.3) is 0 Å². The van der Waals surface area contributed by atoms with Crippen LogP contribution in [0, 0.1) is 0 Å². The average molecular weight is 176 g/mol. The summed E-state index contributed by atoms with van der Waals surface area (Å²) in [6.45, 7) is 3.43. The fourth-order valence-electron chi connectivity index (χ4n) is 0.599. The van der Waals surface area contributed by atoms with Crippen molar-refractivity contribution in [2.75, 3.05) is 11.5 Å². The quantitative estimate of drug-likeness (QED) is 0.609. The summed E-state index contributed by atoms with van der Waals surface area (Å²) < 4.78 is 10.9. The number of aliphatic carboxylic acids is 1. The molecule has 0 rings (SSSR count). The van der Waals surface area contributed by atoms with E-state index in [1.807, 2.05) is 0 Å². The molecule has 1 N–H and O–H groups in total. The predicted octanol–water partition coefficient (Wildman–Crippen LogP) is 0.786. The van der Waals surface area contributed by atoms with E-state index in [0.717, 1.165) is 0 Å². The van der Waals surface area contributed by atoms with Gasteiger partial charge in [0.15, 0.2) is 0 Å². The zero-order valence-corrected chi connectivity index (χ0v) is 7.10. The topological polar surface area (TPSA) is 54.4 Å². The lowest BCUT2D eigenvalue weighted by Crippen LogP contribution is -2.03. The summed E-state index contributed by atoms with van der Waals surface area (Å²) in [7, 11) is -0.918. The van der Waals surface area contributed by atoms with Crippen LogP contribution in [0.25, 0.3) is 0 Å². The Morgan fingerprint density at radius 3 is 2.73 bits per heavy atom. The van der Waals surface area contributed by atoms with Crippen molar-refractivity contribution in [3.05, 3.63) is 12.7 Å². The van der Waals surface area contributed by atoms with Crippen LogP contribution in [0.1, 0.15) is 12.8 Å². The smallest absolute Gasteiger partial charge is 0.303 e. The van der Waals surface area contributed by atoms with E-state index in [2.05, 4.69) is 6.58 Å². The monoisotopic (exact) mass is 176 g/mol. The Hall–Kier alpha value is -0.640. The minimum Gasteiger partial charge on any atom is -0.481 e. The molecule has 1 unspecified atom stereocenters. The van der Waals surface area contributed by atoms with Crippen molar-refractivity contribution in [1.29, 1.82) is 0 Å². The molecule has 0 aromatic carbocycles. The van der Waals surface area contributed by atoms with Gasteiger partial charge in [-0.25, -0.2) is 0 Å². The Kier molecular flexibility index (Phi) is 5.74. The van der Waals surface area contributed by atoms with Crippen LogP contribution < -0.4 is 0 Å². The minimum absolute atomic E-state index is 0.100. The number of rotatable bonds is 6. The molecule has 0 aliphatic rings. The minimum atomic E-state index is -0.918. The van der Waals surface area contributed by atoms with Gasteiger partial charge >= 0.3 is 5.97 Å². The Morgan fingerprint density at radius 1 is 1.64 bits per heavy atom. The highest BCUT2D eigenvalue weighted by Gasteiger charge is 1.99. The maximum Gasteiger partial charge on any atom is 0.303 e. The summed E-state index contributed by atoms with van der Waals surface area (Å²) in [5.74, 6) is 0.0818. The van der Waals surface area contributed by atoms with E-state index >= 15 is 0 Å². The Labute approximate surface area is 68.6 Å². The number of carboxylic acid groups (broad SMARTS) is 1. The van der Waals surface area contributed by atoms with Crippen LogP contribution in [0.3, 0.4) is 0 Å². The standard InChI is InChI=1S/C7H12O3S/c1-2-5-11(10)6-3-4-7(8)9/h2H,1,3-6H2,(H,8,9). The molecule has 1 atom stereocenters. The fourth-order valence-corrected chi connectivity index (χ4v) is 1.50. The summed E-state index contributed by atoms with van der Waals surface area (Å²) >= 11 is 0. The van der Waals surface area contributed by atoms with Gasteiger partial charge in [0.2, 0.25) is 0 Å². The van der Waals surface area contributed by atoms with Crippen molar-refractivity contribution in [3.63, 3.8) is 0 Å². The van der Waals surface area contributed by atoms with Crippen molar-refractivity contribution in [2.24, 2.45) is 0 Å². The largest absolute Gasteiger partial charge is 0.481 e. The second-order valence-corrected chi connectivity index (χ2v) is 3.72. The molecule has 3 nitrogen and oxygen atoms in total. The number of carbonyl (C=O) groups is 1. The van der Waals surface area contributed by atoms with Gasteiger partial charge in [-0.05, 0) is 6.42 Å². The van der Waals surface area contributed by atoms with E-state index in [1.165, 1.54) is 0 Å². The van der Waals surface area contributed by atoms with E-state index in [1.54, 1.807) is 6.08 Å². The maximum atomic E-state index is 10.9. The number of carboxylic acids is 1. The molecule has 0 amide bonds. The number of hydrogen-bond donors (Lipinski definition) is 1. The molecule has 0 aromatic heterocycles. The fraction of sp³-hybridized carbons (Fsp3) is 0.571. The highest BCUT2D eigenvalue weighted by atomic mass is 32.2. The highest BCUT2D eigenvalue weighted by molar-refractivity contribution is 7.85. The Balaban J connectivity index is 3.31. The molecule has 4 heteroatoms. The molecule has 0 bridgehead atoms. The molecule has 0 aromatic rings. The average Bonchev–Trinajstić information content (AvgIpc) is 1.87. The van der Waals surface area contributed by atoms with Gasteiger partial charge in [0, 0.05) is 28.7 Å². The van der Waals surface area contributed by atoms with Gasteiger partial charge in [-0.1, -0.05) is 6.08 Å². The van der Waals surface area contributed by atoms with Crippen molar-refractivity contribution in [3.8, 4) is 0 Å². The lowest BCUT2D eigenvalue weighted by molar-refractivity contribution is -0.137. The van der Waals surface area contributed by atoms with Gasteiger partial charge in [0.1, 0.15) is 0 Å². The molecule has 0 radical (unpaired) electrons. The van der Waals surface area contributed by atoms with Crippen molar-refractivity contribution < 1.29 is 14.1 Å². The molecule has 0 saturated carbocycles. The third kappa shape index (κ3) is 7.25. The highest BCUT2D eigenvalue weighted by Crippen LogP contribution is 1.93. The van der Waals surface area contributed by atoms with E-state index in [-0.39, 0.29) is 6.42 Å². The zero-order chi connectivity index (χ0) is 8.69. The first-order valence-corrected chi connectivity index (χ1v) is 4.83. The molecule has 0 fully saturated rings. The third-order valence-electron chi connectivity index (χ3n) is 1.07. The first-order valence-electron chi connectivity index (χ1n) is 3.34. The second kappa shape index (κ2) is 6.09. The van der Waals surface area contributed by atoms with Crippen molar-refractivity contribution in [1.82, 2.24) is 0 Å². The van der Waals surface area contributed by atoms with E-state index < -0.39 is 16.8 Å². The first kappa shape index (κ1) is 10.4. The summed E-state index contributed by atoms with van der Waals surface area (Å²) in [5.41, 5.74) is 0. The molecule has 64 valence electrons. The van der Waals surface area contributed by atoms with E-state index in [4.69, 9.17) is 5.11 Å². The zero-order valence-electron chi connectivity index (χ0n) is 6.28. The Morgan fingerprint density at radius 2 is 2.27 bits per heavy atom. The Bertz CT molecular complexity index is 165. The van der Waals surface area contributed by atoms with Crippen LogP contribution in [0.4, 0.5) is 0 Å². The van der Waals surface area contributed by atoms with Gasteiger partial charge in [-0.3, -0.25) is 9.00 Å². The van der Waals surface area contributed by atoms with Gasteiger partial charge in [-0.2, -0.15) is 0 Å². The maximum absolute atomic E-state index is 10.9. The van der Waals surface area contributed by atoms with Crippen LogP contribution >= 0.6 is 0 Å². The molecule has 0 heterocycles. The van der Waals surface area contributed by atoms with Gasteiger partial charge in [0.05, 0.1) is 0 Å². The number of hydrogen-bond acceptors (Lipinski definition) is 2. The summed E-state index contributed by atoms with van der Waals surface area (Å²) in [6, 6.07) is 0. The van der Waals surface area contributed by atoms with E-state index in [9.17, 15) is 9.00 Å². The van der Waals surface area contributed by atoms with Crippen molar-refractivity contribution in [2.45, 2.75) is 12.8 Å². The molecule has 0 spiro atoms. The molecule has 11 heavy (non-hydrogen) atoms. The van der Waals surface area contributed by atoms with Gasteiger partial charge < -0.3 is 5.11 Å². The van der Waals surface area contributed by atoms with E-state index in [0.29, 0.717) is 17.9 Å². The van der Waals surface area contributed by atoms with Gasteiger partial charge in [-0.15, -0.1) is 6.58 Å². The SMILES string of the molecule is C=CCS(=O)CCCC(=O)O. The van der Waals surface area contributed by atoms with Crippen LogP contribution in [-0.4, -0.2) is 26.8 Å². The summed E-state index contributed by atoms with van der Waals surface area (Å²) in [6.07, 6.45) is 2.16. The van der Waals surface area contributed by atoms with Crippen molar-refractivity contribution >= 4 is 16.8 Å². The summed E-state index contributed by atoms with van der Waals surface area (Å²) in [5, 5.41) is 8.24. The van der Waals surface area contributed by atoms with Crippen LogP contribution in [-0.2, 0) is 15.6 Å². The second-order valence-electron chi connectivity index (χ2n) is 2.10. The van der Waals surface area contributed by atoms with Crippen LogP contribution in [0.2, 0.25) is 0 Å². The molecule has 0 aliphatic carbocycles. The normalized spacial score (nSPS) is 12.4. The summed E-state index contributed by atoms with van der Waals surface area (Å²) in [4.78, 5) is 10.0.